The number of carbonyl (C=O) groups is 1. The highest BCUT2D eigenvalue weighted by molar-refractivity contribution is 7.51. The highest BCUT2D eigenvalue weighted by Crippen LogP contribution is 2.38. The Hall–Kier alpha value is -1.31. The summed E-state index contributed by atoms with van der Waals surface area (Å²) >= 11 is 0. The monoisotopic (exact) mass is 293 g/mol. The van der Waals surface area contributed by atoms with Crippen LogP contribution in [0.2, 0.25) is 0 Å². The van der Waals surface area contributed by atoms with Gasteiger partial charge < -0.3 is 20.0 Å². The molecule has 1 atom stereocenters. The van der Waals surface area contributed by atoms with E-state index in [1.807, 2.05) is 0 Å². The van der Waals surface area contributed by atoms with Crippen molar-refractivity contribution < 1.29 is 33.8 Å². The molecule has 0 heterocycles. The number of hydrogen-bond donors (Lipinski definition) is 4. The second-order valence-corrected chi connectivity index (χ2v) is 5.56. The molecule has 0 aliphatic heterocycles. The molecule has 0 unspecified atom stereocenters. The van der Waals surface area contributed by atoms with Crippen LogP contribution in [-0.4, -0.2) is 43.1 Å². The second-order valence-electron chi connectivity index (χ2n) is 3.95. The minimum atomic E-state index is -4.84. The van der Waals surface area contributed by atoms with Gasteiger partial charge in [-0.05, 0) is 5.56 Å². The SMILES string of the molecule is O=C(O)[C@](O)(Cc1ccccc1)N(F)CP(=O)(O)O. The molecule has 19 heavy (non-hydrogen) atoms. The molecule has 0 radical (unpaired) electrons. The molecule has 0 aromatic heterocycles. The van der Waals surface area contributed by atoms with Gasteiger partial charge in [-0.1, -0.05) is 35.5 Å². The van der Waals surface area contributed by atoms with E-state index in [0.717, 1.165) is 0 Å². The number of benzene rings is 1. The van der Waals surface area contributed by atoms with Crippen LogP contribution < -0.4 is 0 Å². The van der Waals surface area contributed by atoms with Crippen LogP contribution in [0.1, 0.15) is 5.56 Å². The van der Waals surface area contributed by atoms with Crippen LogP contribution in [0.15, 0.2) is 30.3 Å². The molecule has 0 bridgehead atoms. The Morgan fingerprint density at radius 1 is 1.32 bits per heavy atom. The number of aliphatic carboxylic acids is 1. The summed E-state index contributed by atoms with van der Waals surface area (Å²) in [4.78, 5) is 28.2. The van der Waals surface area contributed by atoms with Crippen molar-refractivity contribution in [2.75, 3.05) is 6.29 Å². The lowest BCUT2D eigenvalue weighted by Gasteiger charge is -2.29. The van der Waals surface area contributed by atoms with Crippen LogP contribution in [0.5, 0.6) is 0 Å². The van der Waals surface area contributed by atoms with Gasteiger partial charge >= 0.3 is 13.6 Å². The normalized spacial score (nSPS) is 15.2. The molecule has 0 aliphatic carbocycles. The molecule has 9 heteroatoms. The average molecular weight is 293 g/mol. The van der Waals surface area contributed by atoms with Crippen LogP contribution in [0.25, 0.3) is 0 Å². The largest absolute Gasteiger partial charge is 0.478 e. The van der Waals surface area contributed by atoms with Gasteiger partial charge in [-0.25, -0.2) is 4.79 Å². The van der Waals surface area contributed by atoms with Gasteiger partial charge in [-0.15, -0.1) is 4.48 Å². The number of rotatable bonds is 6. The molecule has 0 saturated heterocycles. The maximum Gasteiger partial charge on any atom is 0.354 e. The van der Waals surface area contributed by atoms with Gasteiger partial charge in [0.2, 0.25) is 5.72 Å². The first-order chi connectivity index (χ1) is 8.65. The van der Waals surface area contributed by atoms with Crippen molar-refractivity contribution in [3.63, 3.8) is 0 Å². The van der Waals surface area contributed by atoms with Crippen molar-refractivity contribution in [3.05, 3.63) is 35.9 Å². The average Bonchev–Trinajstić information content (AvgIpc) is 2.27. The van der Waals surface area contributed by atoms with Crippen molar-refractivity contribution in [3.8, 4) is 0 Å². The Labute approximate surface area is 108 Å². The maximum absolute atomic E-state index is 13.6. The lowest BCUT2D eigenvalue weighted by Crippen LogP contribution is -2.53. The Morgan fingerprint density at radius 2 is 1.84 bits per heavy atom. The fraction of sp³-hybridized carbons (Fsp3) is 0.300. The van der Waals surface area contributed by atoms with Crippen molar-refractivity contribution in [1.29, 1.82) is 0 Å². The molecule has 1 aromatic rings. The molecule has 4 N–H and O–H groups in total. The third-order valence-corrected chi connectivity index (χ3v) is 2.96. The number of hydrogen-bond acceptors (Lipinski definition) is 4. The number of halogens is 1. The van der Waals surface area contributed by atoms with Crippen LogP contribution in [0.3, 0.4) is 0 Å². The third kappa shape index (κ3) is 4.38. The van der Waals surface area contributed by atoms with E-state index in [2.05, 4.69) is 0 Å². The van der Waals surface area contributed by atoms with Gasteiger partial charge in [0.25, 0.3) is 0 Å². The number of carboxylic acids is 1. The van der Waals surface area contributed by atoms with Crippen molar-refractivity contribution in [2.45, 2.75) is 12.1 Å². The standard InChI is InChI=1S/C10H13FNO6P/c11-12(7-19(16,17)18)10(15,9(13)14)6-8-4-2-1-3-5-8/h1-5,15H,6-7H2,(H,13,14)(H2,16,17,18)/t10-/m1/s1. The summed E-state index contributed by atoms with van der Waals surface area (Å²) in [5, 5.41) is 17.9. The molecular formula is C10H13FNO6P. The number of aliphatic hydroxyl groups is 1. The Kier molecular flexibility index (Phi) is 4.78. The summed E-state index contributed by atoms with van der Waals surface area (Å²) in [6.07, 6.45) is -2.16. The van der Waals surface area contributed by atoms with Gasteiger partial charge in [0.1, 0.15) is 6.29 Å². The summed E-state index contributed by atoms with van der Waals surface area (Å²) in [5.41, 5.74) is -2.73. The van der Waals surface area contributed by atoms with Gasteiger partial charge in [-0.2, -0.15) is 0 Å². The highest BCUT2D eigenvalue weighted by atomic mass is 31.2. The second kappa shape index (κ2) is 5.77. The summed E-state index contributed by atoms with van der Waals surface area (Å²) in [6.45, 7) is 0. The first-order valence-electron chi connectivity index (χ1n) is 5.13. The van der Waals surface area contributed by atoms with E-state index in [9.17, 15) is 18.9 Å². The van der Waals surface area contributed by atoms with Crippen LogP contribution in [0, 0.1) is 0 Å². The first kappa shape index (κ1) is 15.7. The molecule has 0 aliphatic rings. The minimum absolute atomic E-state index is 0.306. The maximum atomic E-state index is 13.6. The van der Waals surface area contributed by atoms with E-state index < -0.39 is 37.1 Å². The zero-order chi connectivity index (χ0) is 14.7. The van der Waals surface area contributed by atoms with Crippen molar-refractivity contribution >= 4 is 13.6 Å². The lowest BCUT2D eigenvalue weighted by atomic mass is 10.0. The van der Waals surface area contributed by atoms with Crippen LogP contribution in [-0.2, 0) is 15.8 Å². The van der Waals surface area contributed by atoms with E-state index in [1.54, 1.807) is 18.2 Å². The Bertz CT molecular complexity index is 492. The zero-order valence-electron chi connectivity index (χ0n) is 9.68. The van der Waals surface area contributed by atoms with Crippen molar-refractivity contribution in [2.24, 2.45) is 0 Å². The van der Waals surface area contributed by atoms with E-state index in [-0.39, 0.29) is 0 Å². The predicted molar refractivity (Wildman–Crippen MR) is 62.6 cm³/mol. The van der Waals surface area contributed by atoms with Crippen LogP contribution >= 0.6 is 7.60 Å². The molecule has 0 fully saturated rings. The van der Waals surface area contributed by atoms with Crippen molar-refractivity contribution in [1.82, 2.24) is 5.12 Å². The number of nitrogens with zero attached hydrogens (tertiary/aromatic N) is 1. The summed E-state index contributed by atoms with van der Waals surface area (Å²) in [7, 11) is -4.84. The molecule has 7 nitrogen and oxygen atoms in total. The Balaban J connectivity index is 2.97. The summed E-state index contributed by atoms with van der Waals surface area (Å²) < 4.78 is 24.3. The van der Waals surface area contributed by atoms with Gasteiger partial charge in [0.15, 0.2) is 0 Å². The number of carboxylic acid groups (broad SMARTS) is 1. The zero-order valence-corrected chi connectivity index (χ0v) is 10.6. The predicted octanol–water partition coefficient (Wildman–Crippen LogP) is 0.324. The van der Waals surface area contributed by atoms with E-state index >= 15 is 0 Å². The smallest absolute Gasteiger partial charge is 0.354 e. The molecule has 1 aromatic carbocycles. The van der Waals surface area contributed by atoms with E-state index in [1.165, 1.54) is 12.1 Å². The molecular weight excluding hydrogens is 280 g/mol. The molecule has 0 amide bonds. The summed E-state index contributed by atoms with van der Waals surface area (Å²) in [6, 6.07) is 7.68. The van der Waals surface area contributed by atoms with Crippen LogP contribution in [0.4, 0.5) is 4.48 Å². The lowest BCUT2D eigenvalue weighted by molar-refractivity contribution is -0.217. The minimum Gasteiger partial charge on any atom is -0.478 e. The van der Waals surface area contributed by atoms with E-state index in [0.29, 0.717) is 5.56 Å². The Morgan fingerprint density at radius 3 is 2.26 bits per heavy atom. The first-order valence-corrected chi connectivity index (χ1v) is 6.92. The fourth-order valence-electron chi connectivity index (χ4n) is 1.42. The molecule has 106 valence electrons. The quantitative estimate of drug-likeness (QED) is 0.339. The highest BCUT2D eigenvalue weighted by Gasteiger charge is 2.46. The van der Waals surface area contributed by atoms with Gasteiger partial charge in [-0.3, -0.25) is 4.57 Å². The fourth-order valence-corrected chi connectivity index (χ4v) is 1.98. The molecule has 1 rings (SSSR count). The third-order valence-electron chi connectivity index (χ3n) is 2.35. The van der Waals surface area contributed by atoms with E-state index in [4.69, 9.17) is 14.9 Å². The molecule has 0 saturated carbocycles. The molecule has 0 spiro atoms. The van der Waals surface area contributed by atoms with Gasteiger partial charge in [0.05, 0.1) is 0 Å². The summed E-state index contributed by atoms with van der Waals surface area (Å²) in [5.74, 6) is -1.94. The van der Waals surface area contributed by atoms with Gasteiger partial charge in [0, 0.05) is 6.42 Å². The topological polar surface area (TPSA) is 118 Å².